The van der Waals surface area contributed by atoms with Gasteiger partial charge in [0.25, 0.3) is 5.91 Å². The molecule has 1 N–H and O–H groups in total. The van der Waals surface area contributed by atoms with Crippen LogP contribution in [0.15, 0.2) is 42.5 Å². The highest BCUT2D eigenvalue weighted by Crippen LogP contribution is 2.26. The maximum atomic E-state index is 12.4. The Balaban J connectivity index is 2.01. The third-order valence-electron chi connectivity index (χ3n) is 3.38. The third-order valence-corrected chi connectivity index (χ3v) is 3.38. The molecule has 0 aliphatic carbocycles. The van der Waals surface area contributed by atoms with E-state index in [2.05, 4.69) is 5.32 Å². The molecular weight excluding hydrogens is 322 g/mol. The van der Waals surface area contributed by atoms with Crippen LogP contribution in [-0.2, 0) is 9.53 Å². The number of hydrogen-bond donors (Lipinski definition) is 1. The standard InChI is InChI=1S/C19H21NO5/c1-4-24-18(21)12-25-15-8-6-14(7-9-15)19(22)20-16-11-13(2)5-10-17(16)23-3/h5-11H,4,12H2,1-3H3,(H,20,22). The lowest BCUT2D eigenvalue weighted by Gasteiger charge is -2.11. The minimum absolute atomic E-state index is 0.167. The first kappa shape index (κ1) is 18.3. The van der Waals surface area contributed by atoms with Crippen LogP contribution in [0.1, 0.15) is 22.8 Å². The Morgan fingerprint density at radius 2 is 1.80 bits per heavy atom. The van der Waals surface area contributed by atoms with Crippen molar-refractivity contribution in [1.82, 2.24) is 0 Å². The maximum absolute atomic E-state index is 12.4. The van der Waals surface area contributed by atoms with Gasteiger partial charge in [-0.25, -0.2) is 4.79 Å². The van der Waals surface area contributed by atoms with E-state index in [1.807, 2.05) is 19.1 Å². The zero-order valence-corrected chi connectivity index (χ0v) is 14.5. The number of rotatable bonds is 7. The molecule has 0 aliphatic rings. The highest BCUT2D eigenvalue weighted by atomic mass is 16.6. The van der Waals surface area contributed by atoms with E-state index < -0.39 is 5.97 Å². The third kappa shape index (κ3) is 5.24. The molecule has 2 aromatic rings. The second-order valence-corrected chi connectivity index (χ2v) is 5.28. The highest BCUT2D eigenvalue weighted by Gasteiger charge is 2.11. The van der Waals surface area contributed by atoms with Gasteiger partial charge in [-0.2, -0.15) is 0 Å². The molecule has 6 heteroatoms. The predicted octanol–water partition coefficient (Wildman–Crippen LogP) is 3.20. The lowest BCUT2D eigenvalue weighted by molar-refractivity contribution is -0.145. The molecule has 0 heterocycles. The summed E-state index contributed by atoms with van der Waals surface area (Å²) in [6, 6.07) is 12.1. The summed E-state index contributed by atoms with van der Waals surface area (Å²) in [6.45, 7) is 3.81. The fourth-order valence-corrected chi connectivity index (χ4v) is 2.16. The number of esters is 1. The number of hydrogen-bond acceptors (Lipinski definition) is 5. The SMILES string of the molecule is CCOC(=O)COc1ccc(C(=O)Nc2cc(C)ccc2OC)cc1. The Labute approximate surface area is 146 Å². The zero-order valence-electron chi connectivity index (χ0n) is 14.5. The van der Waals surface area contributed by atoms with Gasteiger partial charge in [-0.15, -0.1) is 0 Å². The topological polar surface area (TPSA) is 73.9 Å². The fraction of sp³-hybridized carbons (Fsp3) is 0.263. The van der Waals surface area contributed by atoms with Crippen molar-refractivity contribution < 1.29 is 23.8 Å². The minimum Gasteiger partial charge on any atom is -0.495 e. The molecule has 25 heavy (non-hydrogen) atoms. The van der Waals surface area contributed by atoms with Crippen LogP contribution in [0, 0.1) is 6.92 Å². The van der Waals surface area contributed by atoms with E-state index in [1.54, 1.807) is 44.4 Å². The Kier molecular flexibility index (Phi) is 6.39. The molecule has 6 nitrogen and oxygen atoms in total. The van der Waals surface area contributed by atoms with E-state index in [1.165, 1.54) is 0 Å². The van der Waals surface area contributed by atoms with Gasteiger partial charge < -0.3 is 19.5 Å². The van der Waals surface area contributed by atoms with Crippen LogP contribution in [0.5, 0.6) is 11.5 Å². The maximum Gasteiger partial charge on any atom is 0.344 e. The number of carbonyl (C=O) groups is 2. The van der Waals surface area contributed by atoms with Gasteiger partial charge in [0.15, 0.2) is 6.61 Å². The van der Waals surface area contributed by atoms with Crippen molar-refractivity contribution in [3.8, 4) is 11.5 Å². The van der Waals surface area contributed by atoms with E-state index in [0.29, 0.717) is 29.4 Å². The van der Waals surface area contributed by atoms with Gasteiger partial charge in [0.05, 0.1) is 19.4 Å². The van der Waals surface area contributed by atoms with Crippen molar-refractivity contribution in [2.45, 2.75) is 13.8 Å². The molecule has 0 radical (unpaired) electrons. The van der Waals surface area contributed by atoms with Crippen molar-refractivity contribution in [3.05, 3.63) is 53.6 Å². The molecule has 0 fully saturated rings. The molecule has 1 amide bonds. The number of aryl methyl sites for hydroxylation is 1. The lowest BCUT2D eigenvalue weighted by atomic mass is 10.1. The lowest BCUT2D eigenvalue weighted by Crippen LogP contribution is -2.15. The first-order chi connectivity index (χ1) is 12.0. The average Bonchev–Trinajstić information content (AvgIpc) is 2.61. The second kappa shape index (κ2) is 8.73. The molecule has 0 spiro atoms. The van der Waals surface area contributed by atoms with E-state index in [4.69, 9.17) is 14.2 Å². The molecule has 0 unspecified atom stereocenters. The molecule has 0 bridgehead atoms. The number of nitrogens with one attached hydrogen (secondary N) is 1. The second-order valence-electron chi connectivity index (χ2n) is 5.28. The zero-order chi connectivity index (χ0) is 18.2. The molecule has 2 aromatic carbocycles. The molecule has 0 aromatic heterocycles. The summed E-state index contributed by atoms with van der Waals surface area (Å²) < 4.78 is 15.3. The number of carbonyl (C=O) groups excluding carboxylic acids is 2. The molecule has 0 atom stereocenters. The van der Waals surface area contributed by atoms with Gasteiger partial charge in [0.2, 0.25) is 0 Å². The summed E-state index contributed by atoms with van der Waals surface area (Å²) in [6.07, 6.45) is 0. The van der Waals surface area contributed by atoms with E-state index >= 15 is 0 Å². The monoisotopic (exact) mass is 343 g/mol. The number of methoxy groups -OCH3 is 1. The number of benzene rings is 2. The van der Waals surface area contributed by atoms with E-state index in [9.17, 15) is 9.59 Å². The first-order valence-electron chi connectivity index (χ1n) is 7.88. The normalized spacial score (nSPS) is 10.0. The Morgan fingerprint density at radius 3 is 2.44 bits per heavy atom. The highest BCUT2D eigenvalue weighted by molar-refractivity contribution is 6.05. The first-order valence-corrected chi connectivity index (χ1v) is 7.88. The Bertz CT molecular complexity index is 740. The van der Waals surface area contributed by atoms with E-state index in [-0.39, 0.29) is 12.5 Å². The van der Waals surface area contributed by atoms with Crippen molar-refractivity contribution in [3.63, 3.8) is 0 Å². The molecule has 0 saturated heterocycles. The van der Waals surface area contributed by atoms with Gasteiger partial charge in [-0.05, 0) is 55.8 Å². The van der Waals surface area contributed by atoms with E-state index in [0.717, 1.165) is 5.56 Å². The van der Waals surface area contributed by atoms with Gasteiger partial charge in [-0.1, -0.05) is 6.07 Å². The van der Waals surface area contributed by atoms with Crippen LogP contribution in [0.2, 0.25) is 0 Å². The fourth-order valence-electron chi connectivity index (χ4n) is 2.16. The summed E-state index contributed by atoms with van der Waals surface area (Å²) >= 11 is 0. The molecule has 2 rings (SSSR count). The average molecular weight is 343 g/mol. The van der Waals surface area contributed by atoms with Crippen LogP contribution >= 0.6 is 0 Å². The van der Waals surface area contributed by atoms with Gasteiger partial charge >= 0.3 is 5.97 Å². The summed E-state index contributed by atoms with van der Waals surface area (Å²) in [5.41, 5.74) is 2.08. The number of ether oxygens (including phenoxy) is 3. The van der Waals surface area contributed by atoms with Crippen LogP contribution in [0.4, 0.5) is 5.69 Å². The van der Waals surface area contributed by atoms with Crippen LogP contribution in [-0.4, -0.2) is 32.2 Å². The summed E-state index contributed by atoms with van der Waals surface area (Å²) in [5.74, 6) is 0.378. The molecule has 0 saturated carbocycles. The minimum atomic E-state index is -0.434. The number of amides is 1. The largest absolute Gasteiger partial charge is 0.495 e. The van der Waals surface area contributed by atoms with Crippen LogP contribution < -0.4 is 14.8 Å². The summed E-state index contributed by atoms with van der Waals surface area (Å²) in [5, 5.41) is 2.83. The van der Waals surface area contributed by atoms with Gasteiger partial charge in [-0.3, -0.25) is 4.79 Å². The molecular formula is C19H21NO5. The van der Waals surface area contributed by atoms with Crippen LogP contribution in [0.3, 0.4) is 0 Å². The van der Waals surface area contributed by atoms with Crippen molar-refractivity contribution >= 4 is 17.6 Å². The van der Waals surface area contributed by atoms with Gasteiger partial charge in [0, 0.05) is 5.56 Å². The molecule has 0 aliphatic heterocycles. The van der Waals surface area contributed by atoms with Gasteiger partial charge in [0.1, 0.15) is 11.5 Å². The summed E-state index contributed by atoms with van der Waals surface area (Å²) in [7, 11) is 1.55. The quantitative estimate of drug-likeness (QED) is 0.782. The van der Waals surface area contributed by atoms with Crippen molar-refractivity contribution in [1.29, 1.82) is 0 Å². The smallest absolute Gasteiger partial charge is 0.344 e. The Hall–Kier alpha value is -3.02. The predicted molar refractivity (Wildman–Crippen MR) is 94.3 cm³/mol. The molecule has 132 valence electrons. The Morgan fingerprint density at radius 1 is 1.08 bits per heavy atom. The summed E-state index contributed by atoms with van der Waals surface area (Å²) in [4.78, 5) is 23.6. The van der Waals surface area contributed by atoms with Crippen molar-refractivity contribution in [2.24, 2.45) is 0 Å². The van der Waals surface area contributed by atoms with Crippen LogP contribution in [0.25, 0.3) is 0 Å². The number of anilines is 1. The van der Waals surface area contributed by atoms with Crippen molar-refractivity contribution in [2.75, 3.05) is 25.6 Å².